The van der Waals surface area contributed by atoms with E-state index in [1.807, 2.05) is 33.8 Å². The Balaban J connectivity index is 1.65. The van der Waals surface area contributed by atoms with Crippen LogP contribution in [0.15, 0.2) is 34.9 Å². The van der Waals surface area contributed by atoms with Crippen LogP contribution in [0.3, 0.4) is 0 Å². The number of ether oxygens (including phenoxy) is 3. The Morgan fingerprint density at radius 3 is 2.87 bits per heavy atom. The second kappa shape index (κ2) is 10.1. The zero-order valence-electron chi connectivity index (χ0n) is 18.1. The highest BCUT2D eigenvalue weighted by Crippen LogP contribution is 2.33. The third kappa shape index (κ3) is 6.98. The van der Waals surface area contributed by atoms with Gasteiger partial charge in [0.05, 0.1) is 23.3 Å². The van der Waals surface area contributed by atoms with Gasteiger partial charge in [0.15, 0.2) is 0 Å². The van der Waals surface area contributed by atoms with Crippen LogP contribution >= 0.6 is 27.5 Å². The Hall–Kier alpha value is -2.03. The van der Waals surface area contributed by atoms with E-state index in [0.29, 0.717) is 42.0 Å². The quantitative estimate of drug-likeness (QED) is 0.565. The first kappa shape index (κ1) is 23.6. The molecular formula is C22H27BrClN3O4. The van der Waals surface area contributed by atoms with Crippen LogP contribution in [0.2, 0.25) is 5.02 Å². The highest BCUT2D eigenvalue weighted by molar-refractivity contribution is 9.10. The number of hydrogen-bond donors (Lipinski definition) is 1. The third-order valence-corrected chi connectivity index (χ3v) is 5.23. The van der Waals surface area contributed by atoms with Crippen molar-refractivity contribution in [3.8, 4) is 5.75 Å². The van der Waals surface area contributed by atoms with Gasteiger partial charge in [0, 0.05) is 17.8 Å². The molecule has 1 aliphatic rings. The molecule has 168 valence electrons. The van der Waals surface area contributed by atoms with Gasteiger partial charge in [0.1, 0.15) is 29.9 Å². The van der Waals surface area contributed by atoms with Crippen LogP contribution in [0.5, 0.6) is 5.75 Å². The molecule has 1 saturated heterocycles. The van der Waals surface area contributed by atoms with Crippen molar-refractivity contribution in [1.29, 1.82) is 0 Å². The molecule has 9 heteroatoms. The van der Waals surface area contributed by atoms with E-state index < -0.39 is 5.60 Å². The number of pyridine rings is 1. The molecule has 0 aliphatic carbocycles. The summed E-state index contributed by atoms with van der Waals surface area (Å²) in [5.74, 6) is 1.26. The molecule has 0 spiro atoms. The lowest BCUT2D eigenvalue weighted by molar-refractivity contribution is -0.0556. The van der Waals surface area contributed by atoms with Crippen molar-refractivity contribution < 1.29 is 19.0 Å². The molecule has 1 aromatic carbocycles. The van der Waals surface area contributed by atoms with Gasteiger partial charge in [0.2, 0.25) is 0 Å². The molecule has 1 unspecified atom stereocenters. The maximum Gasteiger partial charge on any atom is 0.410 e. The summed E-state index contributed by atoms with van der Waals surface area (Å²) in [4.78, 5) is 18.4. The standard InChI is InChI=1S/C22H27BrClN3O4/c1-14-9-17(23)20(25-11-14)26-18-10-15(24)5-6-19(18)30-13-16-12-27(7-8-29-16)21(28)31-22(2,3)4/h5-6,9-11,16H,7-8,12-13H2,1-4H3,(H,25,26). The summed E-state index contributed by atoms with van der Waals surface area (Å²) in [5.41, 5.74) is 1.19. The van der Waals surface area contributed by atoms with Crippen LogP contribution < -0.4 is 10.1 Å². The number of aryl methyl sites for hydroxylation is 1. The molecule has 1 fully saturated rings. The van der Waals surface area contributed by atoms with E-state index in [-0.39, 0.29) is 18.8 Å². The average Bonchev–Trinajstić information content (AvgIpc) is 2.68. The number of nitrogens with zero attached hydrogens (tertiary/aromatic N) is 2. The van der Waals surface area contributed by atoms with E-state index in [2.05, 4.69) is 26.2 Å². The molecule has 0 radical (unpaired) electrons. The SMILES string of the molecule is Cc1cnc(Nc2cc(Cl)ccc2OCC2CN(C(=O)OC(C)(C)C)CCO2)c(Br)c1. The summed E-state index contributed by atoms with van der Waals surface area (Å²) < 4.78 is 18.1. The number of benzene rings is 1. The number of amides is 1. The summed E-state index contributed by atoms with van der Waals surface area (Å²) in [6.45, 7) is 9.12. The summed E-state index contributed by atoms with van der Waals surface area (Å²) in [6.07, 6.45) is 1.17. The maximum absolute atomic E-state index is 12.4. The lowest BCUT2D eigenvalue weighted by Gasteiger charge is -2.34. The molecule has 1 aliphatic heterocycles. The number of anilines is 2. The highest BCUT2D eigenvalue weighted by atomic mass is 79.9. The minimum absolute atomic E-state index is 0.269. The smallest absolute Gasteiger partial charge is 0.410 e. The van der Waals surface area contributed by atoms with Crippen LogP contribution in [0.4, 0.5) is 16.3 Å². The largest absolute Gasteiger partial charge is 0.489 e. The van der Waals surface area contributed by atoms with E-state index in [1.54, 1.807) is 29.3 Å². The molecule has 0 saturated carbocycles. The van der Waals surface area contributed by atoms with Gasteiger partial charge < -0.3 is 24.4 Å². The fourth-order valence-electron chi connectivity index (χ4n) is 2.97. The van der Waals surface area contributed by atoms with Crippen LogP contribution in [-0.2, 0) is 9.47 Å². The van der Waals surface area contributed by atoms with E-state index in [0.717, 1.165) is 10.0 Å². The van der Waals surface area contributed by atoms with Crippen LogP contribution in [0, 0.1) is 6.92 Å². The van der Waals surface area contributed by atoms with E-state index in [4.69, 9.17) is 25.8 Å². The number of rotatable bonds is 5. The van der Waals surface area contributed by atoms with Crippen LogP contribution in [-0.4, -0.2) is 54.0 Å². The Bertz CT molecular complexity index is 935. The molecule has 7 nitrogen and oxygen atoms in total. The van der Waals surface area contributed by atoms with Gasteiger partial charge >= 0.3 is 6.09 Å². The predicted octanol–water partition coefficient (Wildman–Crippen LogP) is 5.56. The first-order valence-corrected chi connectivity index (χ1v) is 11.2. The number of halogens is 2. The monoisotopic (exact) mass is 511 g/mol. The van der Waals surface area contributed by atoms with E-state index in [1.165, 1.54) is 0 Å². The maximum atomic E-state index is 12.4. The van der Waals surface area contributed by atoms with Gasteiger partial charge in [-0.2, -0.15) is 0 Å². The van der Waals surface area contributed by atoms with Crippen molar-refractivity contribution in [2.75, 3.05) is 31.6 Å². The molecule has 3 rings (SSSR count). The predicted molar refractivity (Wildman–Crippen MR) is 124 cm³/mol. The lowest BCUT2D eigenvalue weighted by atomic mass is 10.2. The Morgan fingerprint density at radius 2 is 2.16 bits per heavy atom. The van der Waals surface area contributed by atoms with Crippen molar-refractivity contribution in [2.45, 2.75) is 39.4 Å². The molecule has 2 heterocycles. The second-order valence-corrected chi connectivity index (χ2v) is 9.63. The number of nitrogens with one attached hydrogen (secondary N) is 1. The van der Waals surface area contributed by atoms with Crippen molar-refractivity contribution in [3.63, 3.8) is 0 Å². The zero-order valence-corrected chi connectivity index (χ0v) is 20.4. The molecule has 1 aromatic heterocycles. The van der Waals surface area contributed by atoms with Crippen LogP contribution in [0.25, 0.3) is 0 Å². The average molecular weight is 513 g/mol. The molecular weight excluding hydrogens is 486 g/mol. The van der Waals surface area contributed by atoms with Gasteiger partial charge in [-0.25, -0.2) is 9.78 Å². The summed E-state index contributed by atoms with van der Waals surface area (Å²) in [5, 5.41) is 3.83. The van der Waals surface area contributed by atoms with E-state index >= 15 is 0 Å². The third-order valence-electron chi connectivity index (χ3n) is 4.39. The Morgan fingerprint density at radius 1 is 1.39 bits per heavy atom. The van der Waals surface area contributed by atoms with Gasteiger partial charge in [-0.05, 0) is 73.5 Å². The Kier molecular flexibility index (Phi) is 7.67. The number of carbonyl (C=O) groups excluding carboxylic acids is 1. The lowest BCUT2D eigenvalue weighted by Crippen LogP contribution is -2.49. The van der Waals surface area contributed by atoms with Crippen LogP contribution in [0.1, 0.15) is 26.3 Å². The number of hydrogen-bond acceptors (Lipinski definition) is 6. The van der Waals surface area contributed by atoms with Crippen molar-refractivity contribution in [3.05, 3.63) is 45.5 Å². The highest BCUT2D eigenvalue weighted by Gasteiger charge is 2.28. The van der Waals surface area contributed by atoms with Crippen molar-refractivity contribution in [2.24, 2.45) is 0 Å². The van der Waals surface area contributed by atoms with Gasteiger partial charge in [-0.3, -0.25) is 0 Å². The summed E-state index contributed by atoms with van der Waals surface area (Å²) in [6, 6.07) is 7.30. The van der Waals surface area contributed by atoms with Crippen molar-refractivity contribution >= 4 is 45.1 Å². The minimum atomic E-state index is -0.538. The van der Waals surface area contributed by atoms with Crippen molar-refractivity contribution in [1.82, 2.24) is 9.88 Å². The molecule has 31 heavy (non-hydrogen) atoms. The molecule has 2 aromatic rings. The van der Waals surface area contributed by atoms with Gasteiger partial charge in [-0.15, -0.1) is 0 Å². The van der Waals surface area contributed by atoms with E-state index in [9.17, 15) is 4.79 Å². The minimum Gasteiger partial charge on any atom is -0.489 e. The van der Waals surface area contributed by atoms with Gasteiger partial charge in [-0.1, -0.05) is 11.6 Å². The first-order valence-electron chi connectivity index (χ1n) is 10.0. The topological polar surface area (TPSA) is 72.9 Å². The molecule has 1 atom stereocenters. The second-order valence-electron chi connectivity index (χ2n) is 8.34. The molecule has 1 amide bonds. The molecule has 0 bridgehead atoms. The number of aromatic nitrogens is 1. The summed E-state index contributed by atoms with van der Waals surface area (Å²) >= 11 is 9.72. The first-order chi connectivity index (χ1) is 14.6. The normalized spacial score (nSPS) is 16.7. The Labute approximate surface area is 196 Å². The fraction of sp³-hybridized carbons (Fsp3) is 0.455. The molecule has 1 N–H and O–H groups in total. The summed E-state index contributed by atoms with van der Waals surface area (Å²) in [7, 11) is 0. The zero-order chi connectivity index (χ0) is 22.6. The van der Waals surface area contributed by atoms with Gasteiger partial charge in [0.25, 0.3) is 0 Å². The number of morpholine rings is 1. The number of carbonyl (C=O) groups is 1. The fourth-order valence-corrected chi connectivity index (χ4v) is 3.71.